The Bertz CT molecular complexity index is 230. The molecule has 12 heavy (non-hydrogen) atoms. The van der Waals surface area contributed by atoms with Crippen molar-refractivity contribution in [3.8, 4) is 0 Å². The second kappa shape index (κ2) is 4.18. The number of alkyl halides is 2. The van der Waals surface area contributed by atoms with E-state index in [1.807, 2.05) is 0 Å². The number of benzene rings is 1. The van der Waals surface area contributed by atoms with Crippen LogP contribution in [0.2, 0.25) is 0 Å². The summed E-state index contributed by atoms with van der Waals surface area (Å²) in [5.74, 6) is 0. The van der Waals surface area contributed by atoms with E-state index in [1.54, 1.807) is 18.2 Å². The first-order chi connectivity index (χ1) is 5.70. The lowest BCUT2D eigenvalue weighted by Crippen LogP contribution is -2.34. The zero-order valence-electron chi connectivity index (χ0n) is 6.15. The minimum absolute atomic E-state index is 0.317. The van der Waals surface area contributed by atoms with E-state index < -0.39 is 13.7 Å². The average Bonchev–Trinajstić information content (AvgIpc) is 2.05. The summed E-state index contributed by atoms with van der Waals surface area (Å²) in [7, 11) is -1.55. The quantitative estimate of drug-likeness (QED) is 0.676. The smallest absolute Gasteiger partial charge is 0.423 e. The molecule has 0 saturated heterocycles. The van der Waals surface area contributed by atoms with Gasteiger partial charge in [0.2, 0.25) is 0 Å². The van der Waals surface area contributed by atoms with Crippen LogP contribution in [0, 0.1) is 0 Å². The molecule has 1 aromatic rings. The van der Waals surface area contributed by atoms with Crippen LogP contribution in [0.1, 0.15) is 0 Å². The second-order valence-electron chi connectivity index (χ2n) is 2.16. The van der Waals surface area contributed by atoms with Crippen LogP contribution in [-0.4, -0.2) is 18.8 Å². The van der Waals surface area contributed by atoms with E-state index in [0.717, 1.165) is 0 Å². The third kappa shape index (κ3) is 2.60. The zero-order chi connectivity index (χ0) is 8.97. The number of halogens is 2. The van der Waals surface area contributed by atoms with Gasteiger partial charge in [-0.05, 0) is 5.46 Å². The normalized spacial score (nSPS) is 10.3. The van der Waals surface area contributed by atoms with Crippen molar-refractivity contribution in [2.24, 2.45) is 0 Å². The Morgan fingerprint density at radius 1 is 1.25 bits per heavy atom. The number of hydrogen-bond acceptors (Lipinski definition) is 2. The highest BCUT2D eigenvalue weighted by Crippen LogP contribution is 1.96. The fourth-order valence-electron chi connectivity index (χ4n) is 0.794. The molecule has 5 heteroatoms. The molecule has 2 nitrogen and oxygen atoms in total. The first-order valence-electron chi connectivity index (χ1n) is 3.37. The van der Waals surface area contributed by atoms with Crippen LogP contribution in [0.25, 0.3) is 0 Å². The lowest BCUT2D eigenvalue weighted by Gasteiger charge is -2.05. The summed E-state index contributed by atoms with van der Waals surface area (Å²) in [6, 6.07) is 8.00. The van der Waals surface area contributed by atoms with Gasteiger partial charge < -0.3 is 9.68 Å². The largest absolute Gasteiger partial charge is 0.495 e. The summed E-state index contributed by atoms with van der Waals surface area (Å²) < 4.78 is 27.0. The highest BCUT2D eigenvalue weighted by Gasteiger charge is 2.20. The fourth-order valence-corrected chi connectivity index (χ4v) is 0.794. The van der Waals surface area contributed by atoms with Gasteiger partial charge in [-0.15, -0.1) is 0 Å². The van der Waals surface area contributed by atoms with Gasteiger partial charge in [0, 0.05) is 0 Å². The Labute approximate surface area is 68.9 Å². The number of hydrogen-bond donors (Lipinski definition) is 1. The van der Waals surface area contributed by atoms with Gasteiger partial charge in [-0.3, -0.25) is 0 Å². The molecular weight excluding hydrogens is 165 g/mol. The number of rotatable bonds is 3. The minimum Gasteiger partial charge on any atom is -0.423 e. The topological polar surface area (TPSA) is 29.5 Å². The standard InChI is InChI=1S/C7H7BF2O2/c9-7(10)12-8(11)6-4-2-1-3-5-6/h1-5,7,11H. The third-order valence-corrected chi connectivity index (χ3v) is 1.32. The average molecular weight is 172 g/mol. The monoisotopic (exact) mass is 172 g/mol. The van der Waals surface area contributed by atoms with Crippen LogP contribution < -0.4 is 5.46 Å². The summed E-state index contributed by atoms with van der Waals surface area (Å²) in [6.45, 7) is -2.96. The molecule has 64 valence electrons. The van der Waals surface area contributed by atoms with Crippen LogP contribution in [0.4, 0.5) is 8.78 Å². The molecule has 0 unspecified atom stereocenters. The summed E-state index contributed by atoms with van der Waals surface area (Å²) in [6.07, 6.45) is 0. The van der Waals surface area contributed by atoms with Gasteiger partial charge in [-0.25, -0.2) is 0 Å². The fraction of sp³-hybridized carbons (Fsp3) is 0.143. The molecule has 1 rings (SSSR count). The molecule has 0 radical (unpaired) electrons. The van der Waals surface area contributed by atoms with Crippen molar-refractivity contribution in [3.63, 3.8) is 0 Å². The molecule has 0 fully saturated rings. The predicted octanol–water partition coefficient (Wildman–Crippen LogP) is 0.613. The van der Waals surface area contributed by atoms with Crippen molar-refractivity contribution in [2.75, 3.05) is 0 Å². The van der Waals surface area contributed by atoms with E-state index in [-0.39, 0.29) is 0 Å². The molecule has 0 spiro atoms. The van der Waals surface area contributed by atoms with E-state index in [2.05, 4.69) is 4.65 Å². The third-order valence-electron chi connectivity index (χ3n) is 1.32. The van der Waals surface area contributed by atoms with Crippen LogP contribution in [-0.2, 0) is 4.65 Å². The van der Waals surface area contributed by atoms with Gasteiger partial charge >= 0.3 is 13.7 Å². The van der Waals surface area contributed by atoms with E-state index in [1.165, 1.54) is 12.1 Å². The Morgan fingerprint density at radius 3 is 2.33 bits per heavy atom. The van der Waals surface area contributed by atoms with Crippen LogP contribution in [0.15, 0.2) is 30.3 Å². The van der Waals surface area contributed by atoms with Crippen LogP contribution >= 0.6 is 0 Å². The van der Waals surface area contributed by atoms with Gasteiger partial charge in [0.05, 0.1) is 0 Å². The van der Waals surface area contributed by atoms with Gasteiger partial charge in [-0.1, -0.05) is 30.3 Å². The Kier molecular flexibility index (Phi) is 3.19. The lowest BCUT2D eigenvalue weighted by atomic mass is 9.80. The van der Waals surface area contributed by atoms with Crippen molar-refractivity contribution in [1.82, 2.24) is 0 Å². The Morgan fingerprint density at radius 2 is 1.83 bits per heavy atom. The minimum atomic E-state index is -2.96. The summed E-state index contributed by atoms with van der Waals surface area (Å²) in [5, 5.41) is 8.99. The van der Waals surface area contributed by atoms with Crippen LogP contribution in [0.3, 0.4) is 0 Å². The molecule has 0 atom stereocenters. The molecule has 0 amide bonds. The van der Waals surface area contributed by atoms with Crippen molar-refractivity contribution >= 4 is 12.6 Å². The van der Waals surface area contributed by atoms with Gasteiger partial charge in [0.1, 0.15) is 0 Å². The van der Waals surface area contributed by atoms with E-state index in [9.17, 15) is 8.78 Å². The van der Waals surface area contributed by atoms with Crippen molar-refractivity contribution < 1.29 is 18.5 Å². The van der Waals surface area contributed by atoms with E-state index >= 15 is 0 Å². The zero-order valence-corrected chi connectivity index (χ0v) is 6.15. The molecule has 0 bridgehead atoms. The maximum Gasteiger partial charge on any atom is 0.495 e. The molecule has 0 aliphatic heterocycles. The Balaban J connectivity index is 2.59. The first-order valence-corrected chi connectivity index (χ1v) is 3.37. The molecule has 0 aliphatic rings. The van der Waals surface area contributed by atoms with Crippen LogP contribution in [0.5, 0.6) is 0 Å². The van der Waals surface area contributed by atoms with E-state index in [0.29, 0.717) is 5.46 Å². The highest BCUT2D eigenvalue weighted by atomic mass is 19.3. The second-order valence-corrected chi connectivity index (χ2v) is 2.16. The molecule has 0 aliphatic carbocycles. The van der Waals surface area contributed by atoms with Crippen molar-refractivity contribution in [3.05, 3.63) is 30.3 Å². The van der Waals surface area contributed by atoms with Gasteiger partial charge in [0.25, 0.3) is 0 Å². The maximum atomic E-state index is 11.6. The Hall–Kier alpha value is -0.935. The molecule has 0 saturated carbocycles. The molecule has 0 heterocycles. The first kappa shape index (κ1) is 9.16. The highest BCUT2D eigenvalue weighted by molar-refractivity contribution is 6.59. The SMILES string of the molecule is OB(OC(F)F)c1ccccc1. The predicted molar refractivity (Wildman–Crippen MR) is 41.1 cm³/mol. The summed E-state index contributed by atoms with van der Waals surface area (Å²) >= 11 is 0. The lowest BCUT2D eigenvalue weighted by molar-refractivity contribution is -0.0611. The summed E-state index contributed by atoms with van der Waals surface area (Å²) in [5.41, 5.74) is 0.317. The molecular formula is C7H7BF2O2. The van der Waals surface area contributed by atoms with Gasteiger partial charge in [0.15, 0.2) is 0 Å². The van der Waals surface area contributed by atoms with Crippen molar-refractivity contribution in [1.29, 1.82) is 0 Å². The maximum absolute atomic E-state index is 11.6. The van der Waals surface area contributed by atoms with E-state index in [4.69, 9.17) is 5.02 Å². The molecule has 1 N–H and O–H groups in total. The van der Waals surface area contributed by atoms with Gasteiger partial charge in [-0.2, -0.15) is 8.78 Å². The van der Waals surface area contributed by atoms with Crippen molar-refractivity contribution in [2.45, 2.75) is 6.61 Å². The molecule has 1 aromatic carbocycles. The summed E-state index contributed by atoms with van der Waals surface area (Å²) in [4.78, 5) is 0. The molecule has 0 aromatic heterocycles.